The van der Waals surface area contributed by atoms with Crippen LogP contribution in [0.4, 0.5) is 0 Å². The van der Waals surface area contributed by atoms with Gasteiger partial charge in [-0.25, -0.2) is 9.48 Å². The van der Waals surface area contributed by atoms with Crippen molar-refractivity contribution in [3.05, 3.63) is 16.3 Å². The average molecular weight is 211 g/mol. The zero-order valence-electron chi connectivity index (χ0n) is 8.27. The molecule has 0 fully saturated rings. The van der Waals surface area contributed by atoms with Crippen molar-refractivity contribution in [1.29, 1.82) is 0 Å². The maximum absolute atomic E-state index is 11.7. The summed E-state index contributed by atoms with van der Waals surface area (Å²) in [6.07, 6.45) is 0.143. The SMILES string of the molecule is NC(=O)CCn1nc2n(c1=O)CCNC2. The van der Waals surface area contributed by atoms with Gasteiger partial charge in [-0.3, -0.25) is 9.36 Å². The summed E-state index contributed by atoms with van der Waals surface area (Å²) >= 11 is 0. The van der Waals surface area contributed by atoms with Gasteiger partial charge in [0.1, 0.15) is 5.82 Å². The van der Waals surface area contributed by atoms with Crippen molar-refractivity contribution in [1.82, 2.24) is 19.7 Å². The van der Waals surface area contributed by atoms with E-state index in [1.54, 1.807) is 4.57 Å². The Morgan fingerprint density at radius 1 is 1.60 bits per heavy atom. The van der Waals surface area contributed by atoms with Gasteiger partial charge >= 0.3 is 5.69 Å². The van der Waals surface area contributed by atoms with Crippen molar-refractivity contribution in [3.63, 3.8) is 0 Å². The topological polar surface area (TPSA) is 94.9 Å². The zero-order valence-corrected chi connectivity index (χ0v) is 8.27. The van der Waals surface area contributed by atoms with Crippen LogP contribution in [0.3, 0.4) is 0 Å². The second-order valence-electron chi connectivity index (χ2n) is 3.47. The molecular weight excluding hydrogens is 198 g/mol. The van der Waals surface area contributed by atoms with E-state index in [9.17, 15) is 9.59 Å². The van der Waals surface area contributed by atoms with Crippen molar-refractivity contribution in [3.8, 4) is 0 Å². The summed E-state index contributed by atoms with van der Waals surface area (Å²) in [6.45, 7) is 2.26. The predicted molar refractivity (Wildman–Crippen MR) is 52.0 cm³/mol. The molecule has 1 aliphatic rings. The van der Waals surface area contributed by atoms with E-state index in [1.165, 1.54) is 4.68 Å². The highest BCUT2D eigenvalue weighted by Gasteiger charge is 2.15. The molecule has 1 aliphatic heterocycles. The number of aryl methyl sites for hydroxylation is 1. The van der Waals surface area contributed by atoms with E-state index in [-0.39, 0.29) is 18.7 Å². The Labute approximate surface area is 85.9 Å². The highest BCUT2D eigenvalue weighted by molar-refractivity contribution is 5.73. The molecule has 1 aromatic heterocycles. The minimum absolute atomic E-state index is 0.143. The Morgan fingerprint density at radius 2 is 2.40 bits per heavy atom. The number of amides is 1. The molecule has 0 aromatic carbocycles. The second-order valence-corrected chi connectivity index (χ2v) is 3.47. The minimum atomic E-state index is -0.425. The first kappa shape index (κ1) is 9.91. The first-order chi connectivity index (χ1) is 7.18. The molecule has 15 heavy (non-hydrogen) atoms. The van der Waals surface area contributed by atoms with Crippen LogP contribution in [0.1, 0.15) is 12.2 Å². The van der Waals surface area contributed by atoms with E-state index >= 15 is 0 Å². The molecule has 1 amide bonds. The summed E-state index contributed by atoms with van der Waals surface area (Å²) in [5, 5.41) is 7.24. The minimum Gasteiger partial charge on any atom is -0.370 e. The van der Waals surface area contributed by atoms with E-state index in [2.05, 4.69) is 10.4 Å². The third-order valence-corrected chi connectivity index (χ3v) is 2.36. The third-order valence-electron chi connectivity index (χ3n) is 2.36. The van der Waals surface area contributed by atoms with Crippen LogP contribution in [0.25, 0.3) is 0 Å². The van der Waals surface area contributed by atoms with Gasteiger partial charge in [0.25, 0.3) is 0 Å². The van der Waals surface area contributed by atoms with E-state index in [4.69, 9.17) is 5.73 Å². The number of carbonyl (C=O) groups excluding carboxylic acids is 1. The van der Waals surface area contributed by atoms with Crippen LogP contribution < -0.4 is 16.7 Å². The van der Waals surface area contributed by atoms with Gasteiger partial charge in [-0.05, 0) is 0 Å². The fourth-order valence-electron chi connectivity index (χ4n) is 1.59. The Morgan fingerprint density at radius 3 is 3.07 bits per heavy atom. The number of aromatic nitrogens is 3. The number of primary amides is 1. The fraction of sp³-hybridized carbons (Fsp3) is 0.625. The smallest absolute Gasteiger partial charge is 0.346 e. The van der Waals surface area contributed by atoms with Gasteiger partial charge in [-0.2, -0.15) is 5.10 Å². The summed E-state index contributed by atoms with van der Waals surface area (Å²) in [6, 6.07) is 0. The standard InChI is InChI=1S/C8H13N5O2/c9-6(14)1-3-13-8(15)12-4-2-10-5-7(12)11-13/h10H,1-5H2,(H2,9,14). The maximum Gasteiger partial charge on any atom is 0.346 e. The number of nitrogens with one attached hydrogen (secondary N) is 1. The van der Waals surface area contributed by atoms with E-state index in [1.807, 2.05) is 0 Å². The number of fused-ring (bicyclic) bond motifs is 1. The van der Waals surface area contributed by atoms with Crippen molar-refractivity contribution in [2.45, 2.75) is 26.1 Å². The summed E-state index contributed by atoms with van der Waals surface area (Å²) in [7, 11) is 0. The van der Waals surface area contributed by atoms with E-state index in [0.29, 0.717) is 13.1 Å². The largest absolute Gasteiger partial charge is 0.370 e. The van der Waals surface area contributed by atoms with E-state index < -0.39 is 5.91 Å². The summed E-state index contributed by atoms with van der Waals surface area (Å²) in [4.78, 5) is 22.3. The van der Waals surface area contributed by atoms with Crippen molar-refractivity contribution < 1.29 is 4.79 Å². The number of hydrogen-bond acceptors (Lipinski definition) is 4. The average Bonchev–Trinajstić information content (AvgIpc) is 2.54. The van der Waals surface area contributed by atoms with Crippen molar-refractivity contribution in [2.24, 2.45) is 5.73 Å². The molecule has 2 rings (SSSR count). The van der Waals surface area contributed by atoms with Gasteiger partial charge < -0.3 is 11.1 Å². The monoisotopic (exact) mass is 211 g/mol. The van der Waals surface area contributed by atoms with Crippen LogP contribution in [0.5, 0.6) is 0 Å². The molecule has 0 radical (unpaired) electrons. The van der Waals surface area contributed by atoms with Gasteiger partial charge in [-0.1, -0.05) is 0 Å². The highest BCUT2D eigenvalue weighted by atomic mass is 16.2. The first-order valence-corrected chi connectivity index (χ1v) is 4.84. The van der Waals surface area contributed by atoms with Crippen molar-refractivity contribution in [2.75, 3.05) is 6.54 Å². The number of rotatable bonds is 3. The maximum atomic E-state index is 11.7. The summed E-state index contributed by atoms with van der Waals surface area (Å²) < 4.78 is 2.92. The molecule has 0 spiro atoms. The first-order valence-electron chi connectivity index (χ1n) is 4.84. The lowest BCUT2D eigenvalue weighted by atomic mass is 10.4. The molecule has 0 atom stereocenters. The molecule has 0 unspecified atom stereocenters. The summed E-state index contributed by atoms with van der Waals surface area (Å²) in [5.74, 6) is 0.293. The molecule has 0 saturated carbocycles. The van der Waals surface area contributed by atoms with Gasteiger partial charge in [-0.15, -0.1) is 0 Å². The normalized spacial score (nSPS) is 14.9. The van der Waals surface area contributed by atoms with Crippen LogP contribution in [0.2, 0.25) is 0 Å². The lowest BCUT2D eigenvalue weighted by molar-refractivity contribution is -0.118. The van der Waals surface area contributed by atoms with Gasteiger partial charge in [0, 0.05) is 19.5 Å². The van der Waals surface area contributed by atoms with Crippen LogP contribution in [0.15, 0.2) is 4.79 Å². The lowest BCUT2D eigenvalue weighted by Gasteiger charge is -2.11. The molecule has 0 saturated heterocycles. The van der Waals surface area contributed by atoms with Gasteiger partial charge in [0.05, 0.1) is 13.1 Å². The fourth-order valence-corrected chi connectivity index (χ4v) is 1.59. The highest BCUT2D eigenvalue weighted by Crippen LogP contribution is 1.97. The quantitative estimate of drug-likeness (QED) is 0.606. The Hall–Kier alpha value is -1.63. The molecular formula is C8H13N5O2. The lowest BCUT2D eigenvalue weighted by Crippen LogP contribution is -2.34. The number of nitrogens with two attached hydrogens (primary N) is 1. The Bertz CT molecular complexity index is 433. The molecule has 7 nitrogen and oxygen atoms in total. The molecule has 2 heterocycles. The Kier molecular flexibility index (Phi) is 2.55. The zero-order chi connectivity index (χ0) is 10.8. The predicted octanol–water partition coefficient (Wildman–Crippen LogP) is -1.98. The summed E-state index contributed by atoms with van der Waals surface area (Å²) in [5.41, 5.74) is 4.85. The third kappa shape index (κ3) is 1.91. The second kappa shape index (κ2) is 3.85. The molecule has 0 aliphatic carbocycles. The molecule has 1 aromatic rings. The van der Waals surface area contributed by atoms with Crippen LogP contribution in [-0.4, -0.2) is 26.8 Å². The molecule has 82 valence electrons. The van der Waals surface area contributed by atoms with Crippen LogP contribution in [-0.2, 0) is 24.4 Å². The molecule has 0 bridgehead atoms. The van der Waals surface area contributed by atoms with Gasteiger partial charge in [0.15, 0.2) is 0 Å². The van der Waals surface area contributed by atoms with E-state index in [0.717, 1.165) is 12.4 Å². The van der Waals surface area contributed by atoms with Crippen LogP contribution >= 0.6 is 0 Å². The van der Waals surface area contributed by atoms with Crippen molar-refractivity contribution >= 4 is 5.91 Å². The molecule has 7 heteroatoms. The Balaban J connectivity index is 2.22. The number of hydrogen-bond donors (Lipinski definition) is 2. The van der Waals surface area contributed by atoms with Gasteiger partial charge in [0.2, 0.25) is 5.91 Å². The number of nitrogens with zero attached hydrogens (tertiary/aromatic N) is 3. The van der Waals surface area contributed by atoms with Crippen LogP contribution in [0, 0.1) is 0 Å². The molecule has 3 N–H and O–H groups in total. The number of carbonyl (C=O) groups is 1.